The molecule has 0 bridgehead atoms. The summed E-state index contributed by atoms with van der Waals surface area (Å²) in [7, 11) is 0. The van der Waals surface area contributed by atoms with Crippen molar-refractivity contribution in [2.75, 3.05) is 0 Å². The molecule has 29 heavy (non-hydrogen) atoms. The van der Waals surface area contributed by atoms with Crippen molar-refractivity contribution < 1.29 is 24.6 Å². The number of hydrogen-bond acceptors (Lipinski definition) is 4. The topological polar surface area (TPSA) is 107 Å². The molecular formula is C22H30N2O5. The summed E-state index contributed by atoms with van der Waals surface area (Å²) in [4.78, 5) is 38.2. The molecule has 1 saturated heterocycles. The van der Waals surface area contributed by atoms with Crippen LogP contribution < -0.4 is 5.32 Å². The summed E-state index contributed by atoms with van der Waals surface area (Å²) < 4.78 is 0. The molecule has 7 heteroatoms. The number of amides is 1. The highest BCUT2D eigenvalue weighted by atomic mass is 16.4. The Morgan fingerprint density at radius 3 is 2.48 bits per heavy atom. The van der Waals surface area contributed by atoms with Gasteiger partial charge in [-0.15, -0.1) is 0 Å². The Balaban J connectivity index is 1.66. The lowest BCUT2D eigenvalue weighted by Gasteiger charge is -2.35. The zero-order valence-electron chi connectivity index (χ0n) is 16.8. The predicted molar refractivity (Wildman–Crippen MR) is 107 cm³/mol. The molecule has 0 aromatic heterocycles. The van der Waals surface area contributed by atoms with E-state index in [1.807, 2.05) is 30.3 Å². The maximum Gasteiger partial charge on any atom is 0.326 e. The van der Waals surface area contributed by atoms with Gasteiger partial charge < -0.3 is 15.1 Å². The molecular weight excluding hydrogens is 372 g/mol. The molecule has 1 heterocycles. The highest BCUT2D eigenvalue weighted by Crippen LogP contribution is 2.40. The Labute approximate surface area is 171 Å². The van der Waals surface area contributed by atoms with Gasteiger partial charge in [0.15, 0.2) is 0 Å². The highest BCUT2D eigenvalue weighted by Gasteiger charge is 2.48. The van der Waals surface area contributed by atoms with Crippen LogP contribution in [0.4, 0.5) is 0 Å². The SMILES string of the molecule is C[C@H](N[C@@H](CCc1ccccc1)C(=O)O)C(=O)N1C(C(=O)O)CC2CCCCC21. The molecule has 1 amide bonds. The van der Waals surface area contributed by atoms with Crippen LogP contribution in [0.25, 0.3) is 0 Å². The van der Waals surface area contributed by atoms with Crippen molar-refractivity contribution in [3.05, 3.63) is 35.9 Å². The Bertz CT molecular complexity index is 738. The number of benzene rings is 1. The third kappa shape index (κ3) is 4.96. The molecule has 1 saturated carbocycles. The van der Waals surface area contributed by atoms with E-state index >= 15 is 0 Å². The van der Waals surface area contributed by atoms with Crippen molar-refractivity contribution in [3.8, 4) is 0 Å². The first kappa shape index (κ1) is 21.3. The molecule has 158 valence electrons. The molecule has 7 nitrogen and oxygen atoms in total. The molecule has 1 aromatic rings. The predicted octanol–water partition coefficient (Wildman–Crippen LogP) is 2.29. The van der Waals surface area contributed by atoms with Crippen LogP contribution in [0, 0.1) is 5.92 Å². The van der Waals surface area contributed by atoms with Gasteiger partial charge in [-0.1, -0.05) is 43.2 Å². The third-order valence-corrected chi connectivity index (χ3v) is 6.31. The summed E-state index contributed by atoms with van der Waals surface area (Å²) in [6, 6.07) is 7.12. The Morgan fingerprint density at radius 1 is 1.14 bits per heavy atom. The largest absolute Gasteiger partial charge is 0.480 e. The molecule has 1 aromatic carbocycles. The molecule has 3 N–H and O–H groups in total. The zero-order chi connectivity index (χ0) is 21.0. The van der Waals surface area contributed by atoms with Gasteiger partial charge in [-0.05, 0) is 50.5 Å². The number of aryl methyl sites for hydroxylation is 1. The van der Waals surface area contributed by atoms with Crippen LogP contribution in [0.1, 0.15) is 51.0 Å². The minimum Gasteiger partial charge on any atom is -0.480 e. The number of nitrogens with zero attached hydrogens (tertiary/aromatic N) is 1. The number of likely N-dealkylation sites (tertiary alicyclic amines) is 1. The summed E-state index contributed by atoms with van der Waals surface area (Å²) in [6.45, 7) is 1.63. The maximum atomic E-state index is 13.2. The fourth-order valence-electron chi connectivity index (χ4n) is 4.83. The van der Waals surface area contributed by atoms with E-state index in [0.29, 0.717) is 19.3 Å². The minimum atomic E-state index is -1.01. The monoisotopic (exact) mass is 402 g/mol. The maximum absolute atomic E-state index is 13.2. The molecule has 3 unspecified atom stereocenters. The van der Waals surface area contributed by atoms with Crippen molar-refractivity contribution in [1.82, 2.24) is 10.2 Å². The average Bonchev–Trinajstić information content (AvgIpc) is 3.10. The Hall–Kier alpha value is -2.41. The quantitative estimate of drug-likeness (QED) is 0.616. The normalized spacial score (nSPS) is 25.8. The van der Waals surface area contributed by atoms with Gasteiger partial charge in [0, 0.05) is 6.04 Å². The van der Waals surface area contributed by atoms with Crippen molar-refractivity contribution in [2.45, 2.75) is 76.0 Å². The number of rotatable bonds is 8. The van der Waals surface area contributed by atoms with Crippen molar-refractivity contribution in [1.29, 1.82) is 0 Å². The Kier molecular flexibility index (Phi) is 6.90. The second-order valence-corrected chi connectivity index (χ2v) is 8.25. The summed E-state index contributed by atoms with van der Waals surface area (Å²) in [5.74, 6) is -2.06. The lowest BCUT2D eigenvalue weighted by Crippen LogP contribution is -2.55. The zero-order valence-corrected chi connectivity index (χ0v) is 16.8. The van der Waals surface area contributed by atoms with Gasteiger partial charge in [0.2, 0.25) is 5.91 Å². The van der Waals surface area contributed by atoms with Gasteiger partial charge >= 0.3 is 11.9 Å². The molecule has 1 aliphatic carbocycles. The second-order valence-electron chi connectivity index (χ2n) is 8.25. The number of carboxylic acid groups (broad SMARTS) is 2. The number of nitrogens with one attached hydrogen (secondary N) is 1. The smallest absolute Gasteiger partial charge is 0.326 e. The number of aliphatic carboxylic acids is 2. The fraction of sp³-hybridized carbons (Fsp3) is 0.591. The summed E-state index contributed by atoms with van der Waals surface area (Å²) in [5, 5.41) is 22.2. The van der Waals surface area contributed by atoms with Crippen molar-refractivity contribution in [2.24, 2.45) is 5.92 Å². The number of carbonyl (C=O) groups excluding carboxylic acids is 1. The second kappa shape index (κ2) is 9.39. The number of fused-ring (bicyclic) bond motifs is 1. The van der Waals surface area contributed by atoms with Crippen LogP contribution in [0.5, 0.6) is 0 Å². The van der Waals surface area contributed by atoms with E-state index in [1.54, 1.807) is 6.92 Å². The molecule has 2 fully saturated rings. The van der Waals surface area contributed by atoms with Crippen molar-refractivity contribution in [3.63, 3.8) is 0 Å². The number of carbonyl (C=O) groups is 3. The van der Waals surface area contributed by atoms with Crippen LogP contribution in [-0.4, -0.2) is 57.1 Å². The first-order valence-electron chi connectivity index (χ1n) is 10.5. The van der Waals surface area contributed by atoms with Crippen LogP contribution in [0.15, 0.2) is 30.3 Å². The summed E-state index contributed by atoms with van der Waals surface area (Å²) in [5.41, 5.74) is 1.04. The van der Waals surface area contributed by atoms with Crippen LogP contribution in [0.3, 0.4) is 0 Å². The molecule has 5 atom stereocenters. The van der Waals surface area contributed by atoms with Crippen LogP contribution in [-0.2, 0) is 20.8 Å². The summed E-state index contributed by atoms with van der Waals surface area (Å²) >= 11 is 0. The van der Waals surface area contributed by atoms with Gasteiger partial charge in [-0.2, -0.15) is 0 Å². The molecule has 1 aliphatic heterocycles. The standard InChI is InChI=1S/C22H30N2O5/c1-14(23-17(21(26)27)12-11-15-7-3-2-4-8-15)20(25)24-18-10-6-5-9-16(18)13-19(24)22(28)29/h2-4,7-8,14,16-19,23H,5-6,9-13H2,1H3,(H,26,27)(H,28,29)/t14-,16?,17-,18?,19?/m0/s1. The highest BCUT2D eigenvalue weighted by molar-refractivity contribution is 5.88. The van der Waals surface area contributed by atoms with E-state index in [1.165, 1.54) is 4.90 Å². The van der Waals surface area contributed by atoms with Gasteiger partial charge in [0.05, 0.1) is 6.04 Å². The van der Waals surface area contributed by atoms with E-state index in [4.69, 9.17) is 0 Å². The van der Waals surface area contributed by atoms with E-state index in [2.05, 4.69) is 5.32 Å². The molecule has 3 rings (SSSR count). The lowest BCUT2D eigenvalue weighted by molar-refractivity contribution is -0.151. The van der Waals surface area contributed by atoms with Gasteiger partial charge in [-0.3, -0.25) is 14.9 Å². The van der Waals surface area contributed by atoms with Gasteiger partial charge in [0.25, 0.3) is 0 Å². The van der Waals surface area contributed by atoms with Crippen LogP contribution in [0.2, 0.25) is 0 Å². The van der Waals surface area contributed by atoms with E-state index in [0.717, 1.165) is 31.2 Å². The average molecular weight is 402 g/mol. The lowest BCUT2D eigenvalue weighted by atomic mass is 9.84. The summed E-state index contributed by atoms with van der Waals surface area (Å²) in [6.07, 6.45) is 5.27. The van der Waals surface area contributed by atoms with E-state index in [9.17, 15) is 24.6 Å². The van der Waals surface area contributed by atoms with Crippen LogP contribution >= 0.6 is 0 Å². The van der Waals surface area contributed by atoms with E-state index in [-0.39, 0.29) is 17.9 Å². The minimum absolute atomic E-state index is 0.0470. The van der Waals surface area contributed by atoms with Gasteiger partial charge in [-0.25, -0.2) is 4.79 Å². The molecule has 2 aliphatic rings. The number of hydrogen-bond donors (Lipinski definition) is 3. The Morgan fingerprint density at radius 2 is 1.83 bits per heavy atom. The molecule has 0 spiro atoms. The molecule has 0 radical (unpaired) electrons. The third-order valence-electron chi connectivity index (χ3n) is 6.31. The number of carboxylic acids is 2. The fourth-order valence-corrected chi connectivity index (χ4v) is 4.83. The van der Waals surface area contributed by atoms with E-state index < -0.39 is 30.1 Å². The van der Waals surface area contributed by atoms with Gasteiger partial charge in [0.1, 0.15) is 12.1 Å². The first-order valence-corrected chi connectivity index (χ1v) is 10.5. The first-order chi connectivity index (χ1) is 13.9. The van der Waals surface area contributed by atoms with Crippen molar-refractivity contribution >= 4 is 17.8 Å².